The predicted octanol–water partition coefficient (Wildman–Crippen LogP) is 2.89. The second-order valence-corrected chi connectivity index (χ2v) is 10.2. The fourth-order valence-corrected chi connectivity index (χ4v) is 5.82. The van der Waals surface area contributed by atoms with Gasteiger partial charge in [-0.1, -0.05) is 54.1 Å². The molecule has 0 aromatic heterocycles. The third-order valence-corrected chi connectivity index (χ3v) is 7.19. The van der Waals surface area contributed by atoms with Crippen LogP contribution in [0.5, 0.6) is 0 Å². The van der Waals surface area contributed by atoms with Crippen molar-refractivity contribution in [2.75, 3.05) is 11.5 Å². The first-order valence-electron chi connectivity index (χ1n) is 9.29. The fraction of sp³-hybridized carbons (Fsp3) is 0.333. The standard InChI is InChI=1S/C21H23ClN2O4S/c1-21(11-12-29(27,28)14-21)24-19(25)13-18(15-7-3-2-4-8-15)23-20(26)16-9-5-6-10-17(16)22/h2-10,18H,11-14H2,1H3,(H,23,26)(H,24,25)/t18-,21+/m1/s1. The molecule has 2 aromatic rings. The smallest absolute Gasteiger partial charge is 0.253 e. The monoisotopic (exact) mass is 434 g/mol. The molecule has 2 atom stereocenters. The Hall–Kier alpha value is -2.38. The van der Waals surface area contributed by atoms with Gasteiger partial charge in [-0.15, -0.1) is 0 Å². The first kappa shape index (κ1) is 21.3. The average Bonchev–Trinajstić information content (AvgIpc) is 2.94. The third kappa shape index (κ3) is 5.58. The van der Waals surface area contributed by atoms with Crippen LogP contribution in [0.1, 0.15) is 41.7 Å². The van der Waals surface area contributed by atoms with Crippen molar-refractivity contribution in [1.29, 1.82) is 0 Å². The van der Waals surface area contributed by atoms with Crippen molar-refractivity contribution in [3.05, 3.63) is 70.7 Å². The maximum Gasteiger partial charge on any atom is 0.253 e. The Bertz CT molecular complexity index is 1010. The van der Waals surface area contributed by atoms with Gasteiger partial charge in [0.15, 0.2) is 9.84 Å². The topological polar surface area (TPSA) is 92.3 Å². The van der Waals surface area contributed by atoms with Gasteiger partial charge in [-0.25, -0.2) is 8.42 Å². The lowest BCUT2D eigenvalue weighted by Crippen LogP contribution is -2.48. The highest BCUT2D eigenvalue weighted by Gasteiger charge is 2.39. The van der Waals surface area contributed by atoms with E-state index in [0.29, 0.717) is 17.0 Å². The van der Waals surface area contributed by atoms with Crippen LogP contribution in [-0.4, -0.2) is 37.3 Å². The summed E-state index contributed by atoms with van der Waals surface area (Å²) in [7, 11) is -3.14. The highest BCUT2D eigenvalue weighted by molar-refractivity contribution is 7.91. The van der Waals surface area contributed by atoms with E-state index in [0.717, 1.165) is 5.56 Å². The molecule has 8 heteroatoms. The van der Waals surface area contributed by atoms with Gasteiger partial charge >= 0.3 is 0 Å². The predicted molar refractivity (Wildman–Crippen MR) is 113 cm³/mol. The van der Waals surface area contributed by atoms with E-state index in [-0.39, 0.29) is 29.7 Å². The van der Waals surface area contributed by atoms with Crippen molar-refractivity contribution >= 4 is 33.3 Å². The molecule has 154 valence electrons. The van der Waals surface area contributed by atoms with Crippen molar-refractivity contribution in [3.8, 4) is 0 Å². The van der Waals surface area contributed by atoms with E-state index in [1.54, 1.807) is 31.2 Å². The summed E-state index contributed by atoms with van der Waals surface area (Å²) in [6.45, 7) is 1.73. The number of sulfone groups is 1. The van der Waals surface area contributed by atoms with Crippen LogP contribution in [-0.2, 0) is 14.6 Å². The SMILES string of the molecule is C[C@]1(NC(=O)C[C@@H](NC(=O)c2ccccc2Cl)c2ccccc2)CCS(=O)(=O)C1. The summed E-state index contributed by atoms with van der Waals surface area (Å²) in [5.41, 5.74) is 0.306. The second kappa shape index (κ2) is 8.55. The van der Waals surface area contributed by atoms with Gasteiger partial charge in [-0.3, -0.25) is 9.59 Å². The molecule has 0 unspecified atom stereocenters. The van der Waals surface area contributed by atoms with Gasteiger partial charge in [0.2, 0.25) is 5.91 Å². The number of carbonyl (C=O) groups excluding carboxylic acids is 2. The van der Waals surface area contributed by atoms with Crippen molar-refractivity contribution < 1.29 is 18.0 Å². The molecule has 1 aliphatic heterocycles. The molecule has 2 amide bonds. The average molecular weight is 435 g/mol. The summed E-state index contributed by atoms with van der Waals surface area (Å²) in [6.07, 6.45) is 0.360. The van der Waals surface area contributed by atoms with Gasteiger partial charge in [0.1, 0.15) is 0 Å². The highest BCUT2D eigenvalue weighted by atomic mass is 35.5. The Kier molecular flexibility index (Phi) is 6.29. The molecule has 0 spiro atoms. The summed E-state index contributed by atoms with van der Waals surface area (Å²) >= 11 is 6.12. The first-order valence-corrected chi connectivity index (χ1v) is 11.5. The largest absolute Gasteiger partial charge is 0.350 e. The minimum Gasteiger partial charge on any atom is -0.350 e. The molecule has 1 heterocycles. The van der Waals surface area contributed by atoms with Crippen molar-refractivity contribution in [3.63, 3.8) is 0 Å². The number of amides is 2. The number of benzene rings is 2. The molecule has 0 aliphatic carbocycles. The maximum absolute atomic E-state index is 12.7. The van der Waals surface area contributed by atoms with Crippen LogP contribution in [0.15, 0.2) is 54.6 Å². The molecule has 0 saturated carbocycles. The molecule has 6 nitrogen and oxygen atoms in total. The first-order chi connectivity index (χ1) is 13.7. The van der Waals surface area contributed by atoms with E-state index < -0.39 is 21.4 Å². The van der Waals surface area contributed by atoms with Gasteiger partial charge in [-0.05, 0) is 31.0 Å². The van der Waals surface area contributed by atoms with Crippen LogP contribution in [0.2, 0.25) is 5.02 Å². The van der Waals surface area contributed by atoms with E-state index in [9.17, 15) is 18.0 Å². The molecule has 1 saturated heterocycles. The zero-order valence-corrected chi connectivity index (χ0v) is 17.6. The summed E-state index contributed by atoms with van der Waals surface area (Å²) in [4.78, 5) is 25.4. The molecule has 1 aliphatic rings. The van der Waals surface area contributed by atoms with Gasteiger partial charge in [-0.2, -0.15) is 0 Å². The van der Waals surface area contributed by atoms with E-state index in [2.05, 4.69) is 10.6 Å². The summed E-state index contributed by atoms with van der Waals surface area (Å²) in [5, 5.41) is 6.04. The van der Waals surface area contributed by atoms with E-state index in [4.69, 9.17) is 11.6 Å². The second-order valence-electron chi connectivity index (χ2n) is 7.57. The molecule has 0 bridgehead atoms. The maximum atomic E-state index is 12.7. The van der Waals surface area contributed by atoms with Crippen molar-refractivity contribution in [2.24, 2.45) is 0 Å². The van der Waals surface area contributed by atoms with Gasteiger partial charge in [0.05, 0.1) is 40.1 Å². The Morgan fingerprint density at radius 2 is 1.76 bits per heavy atom. The lowest BCUT2D eigenvalue weighted by Gasteiger charge is -2.26. The molecule has 2 aromatic carbocycles. The molecule has 3 rings (SSSR count). The number of halogens is 1. The number of carbonyl (C=O) groups is 2. The van der Waals surface area contributed by atoms with Gasteiger partial charge in [0.25, 0.3) is 5.91 Å². The Morgan fingerprint density at radius 1 is 1.10 bits per heavy atom. The van der Waals surface area contributed by atoms with Crippen LogP contribution in [0.3, 0.4) is 0 Å². The van der Waals surface area contributed by atoms with Crippen LogP contribution in [0.4, 0.5) is 0 Å². The van der Waals surface area contributed by atoms with E-state index in [1.807, 2.05) is 30.3 Å². The number of nitrogens with one attached hydrogen (secondary N) is 2. The summed E-state index contributed by atoms with van der Waals surface area (Å²) in [5.74, 6) is -0.715. The quantitative estimate of drug-likeness (QED) is 0.731. The number of hydrogen-bond acceptors (Lipinski definition) is 4. The summed E-state index contributed by atoms with van der Waals surface area (Å²) in [6, 6.07) is 15.3. The molecular formula is C21H23ClN2O4S. The normalized spacial score (nSPS) is 21.3. The highest BCUT2D eigenvalue weighted by Crippen LogP contribution is 2.25. The van der Waals surface area contributed by atoms with Crippen molar-refractivity contribution in [1.82, 2.24) is 10.6 Å². The molecule has 2 N–H and O–H groups in total. The van der Waals surface area contributed by atoms with E-state index in [1.165, 1.54) is 0 Å². The minimum absolute atomic E-state index is 0.0180. The molecule has 29 heavy (non-hydrogen) atoms. The Morgan fingerprint density at radius 3 is 2.38 bits per heavy atom. The van der Waals surface area contributed by atoms with Crippen LogP contribution in [0, 0.1) is 0 Å². The molecule has 0 radical (unpaired) electrons. The minimum atomic E-state index is -3.14. The van der Waals surface area contributed by atoms with Gasteiger partial charge in [0, 0.05) is 0 Å². The fourth-order valence-electron chi connectivity index (χ4n) is 3.50. The zero-order chi connectivity index (χ0) is 21.1. The summed E-state index contributed by atoms with van der Waals surface area (Å²) < 4.78 is 23.6. The van der Waals surface area contributed by atoms with Gasteiger partial charge < -0.3 is 10.6 Å². The zero-order valence-electron chi connectivity index (χ0n) is 16.0. The molecule has 1 fully saturated rings. The molecular weight excluding hydrogens is 412 g/mol. The van der Waals surface area contributed by atoms with E-state index >= 15 is 0 Å². The van der Waals surface area contributed by atoms with Crippen LogP contribution in [0.25, 0.3) is 0 Å². The van der Waals surface area contributed by atoms with Crippen LogP contribution < -0.4 is 10.6 Å². The Labute approximate surface area is 175 Å². The third-order valence-electron chi connectivity index (χ3n) is 4.96. The lowest BCUT2D eigenvalue weighted by atomic mass is 9.99. The van der Waals surface area contributed by atoms with Crippen LogP contribution >= 0.6 is 11.6 Å². The number of hydrogen-bond donors (Lipinski definition) is 2. The lowest BCUT2D eigenvalue weighted by molar-refractivity contribution is -0.123. The van der Waals surface area contributed by atoms with Crippen molar-refractivity contribution in [2.45, 2.75) is 31.3 Å². The Balaban J connectivity index is 1.75. The number of rotatable bonds is 6.